The lowest BCUT2D eigenvalue weighted by atomic mass is 10.0. The van der Waals surface area contributed by atoms with Crippen LogP contribution in [-0.4, -0.2) is 29.0 Å². The van der Waals surface area contributed by atoms with E-state index in [9.17, 15) is 9.00 Å². The zero-order valence-corrected chi connectivity index (χ0v) is 12.9. The summed E-state index contributed by atoms with van der Waals surface area (Å²) < 4.78 is 11.4. The predicted molar refractivity (Wildman–Crippen MR) is 83.2 cm³/mol. The second-order valence-corrected chi connectivity index (χ2v) is 6.73. The second kappa shape index (κ2) is 6.99. The van der Waals surface area contributed by atoms with Crippen LogP contribution in [0.4, 0.5) is 5.69 Å². The Morgan fingerprint density at radius 1 is 1.45 bits per heavy atom. The average Bonchev–Trinajstić information content (AvgIpc) is 2.43. The molecule has 0 aliphatic carbocycles. The lowest BCUT2D eigenvalue weighted by Crippen LogP contribution is -2.43. The first kappa shape index (κ1) is 15.2. The van der Waals surface area contributed by atoms with Crippen molar-refractivity contribution in [3.05, 3.63) is 29.3 Å². The van der Waals surface area contributed by atoms with Gasteiger partial charge in [-0.2, -0.15) is 0 Å². The number of amides is 1. The maximum Gasteiger partial charge on any atom is 0.241 e. The summed E-state index contributed by atoms with van der Waals surface area (Å²) in [6.07, 6.45) is 4.82. The number of piperidine rings is 1. The van der Waals surface area contributed by atoms with E-state index in [0.29, 0.717) is 5.75 Å². The van der Waals surface area contributed by atoms with Crippen LogP contribution in [0, 0.1) is 6.92 Å². The topological polar surface area (TPSA) is 58.2 Å². The van der Waals surface area contributed by atoms with Crippen LogP contribution >= 0.6 is 0 Å². The Kier molecular flexibility index (Phi) is 5.31. The van der Waals surface area contributed by atoms with Gasteiger partial charge in [0.1, 0.15) is 0 Å². The smallest absolute Gasteiger partial charge is 0.241 e. The van der Waals surface area contributed by atoms with E-state index in [0.717, 1.165) is 42.6 Å². The van der Waals surface area contributed by atoms with E-state index >= 15 is 0 Å². The number of hydrogen-bond donors (Lipinski definition) is 2. The normalized spacial score (nSPS) is 20.4. The van der Waals surface area contributed by atoms with Crippen LogP contribution in [0.1, 0.15) is 30.4 Å². The summed E-state index contributed by atoms with van der Waals surface area (Å²) in [4.78, 5) is 12.2. The van der Waals surface area contributed by atoms with Crippen LogP contribution in [0.5, 0.6) is 0 Å². The van der Waals surface area contributed by atoms with Gasteiger partial charge in [0.05, 0.1) is 6.04 Å². The minimum Gasteiger partial charge on any atom is -0.324 e. The Morgan fingerprint density at radius 3 is 2.90 bits per heavy atom. The fraction of sp³-hybridized carbons (Fsp3) is 0.533. The molecule has 1 fully saturated rings. The van der Waals surface area contributed by atoms with Gasteiger partial charge < -0.3 is 10.6 Å². The maximum absolute atomic E-state index is 12.2. The van der Waals surface area contributed by atoms with E-state index in [1.165, 1.54) is 0 Å². The molecule has 0 aromatic heterocycles. The molecule has 1 heterocycles. The van der Waals surface area contributed by atoms with Gasteiger partial charge in [-0.25, -0.2) is 0 Å². The molecule has 1 aromatic rings. The highest BCUT2D eigenvalue weighted by Gasteiger charge is 2.21. The van der Waals surface area contributed by atoms with Gasteiger partial charge in [-0.1, -0.05) is 18.6 Å². The number of carbonyl (C=O) groups excluding carboxylic acids is 1. The second-order valence-electron chi connectivity index (χ2n) is 5.30. The SMILES string of the molecule is Cc1c(CS(C)=O)cccc1NC(=O)C1CCCCN1. The number of rotatable bonds is 4. The molecule has 2 atom stereocenters. The Morgan fingerprint density at radius 2 is 2.25 bits per heavy atom. The van der Waals surface area contributed by atoms with Crippen molar-refractivity contribution < 1.29 is 9.00 Å². The third-order valence-corrected chi connectivity index (χ3v) is 4.41. The van der Waals surface area contributed by atoms with E-state index in [-0.39, 0.29) is 11.9 Å². The Bertz CT molecular complexity index is 511. The average molecular weight is 294 g/mol. The molecule has 0 radical (unpaired) electrons. The molecule has 1 aliphatic rings. The van der Waals surface area contributed by atoms with Gasteiger partial charge in [0, 0.05) is 28.5 Å². The van der Waals surface area contributed by atoms with Crippen LogP contribution < -0.4 is 10.6 Å². The van der Waals surface area contributed by atoms with Gasteiger partial charge in [-0.15, -0.1) is 0 Å². The van der Waals surface area contributed by atoms with E-state index in [1.54, 1.807) is 6.26 Å². The monoisotopic (exact) mass is 294 g/mol. The number of anilines is 1. The first-order valence-electron chi connectivity index (χ1n) is 7.00. The van der Waals surface area contributed by atoms with Crippen molar-refractivity contribution in [2.75, 3.05) is 18.1 Å². The van der Waals surface area contributed by atoms with Crippen molar-refractivity contribution in [1.29, 1.82) is 0 Å². The molecular formula is C15H22N2O2S. The minimum atomic E-state index is -0.877. The molecule has 1 aromatic carbocycles. The highest BCUT2D eigenvalue weighted by molar-refractivity contribution is 7.83. The molecule has 110 valence electrons. The lowest BCUT2D eigenvalue weighted by Gasteiger charge is -2.23. The molecule has 1 aliphatic heterocycles. The predicted octanol–water partition coefficient (Wildman–Crippen LogP) is 1.95. The van der Waals surface area contributed by atoms with Crippen LogP contribution in [0.3, 0.4) is 0 Å². The molecular weight excluding hydrogens is 272 g/mol. The quantitative estimate of drug-likeness (QED) is 0.892. The van der Waals surface area contributed by atoms with Gasteiger partial charge >= 0.3 is 0 Å². The van der Waals surface area contributed by atoms with E-state index in [4.69, 9.17) is 0 Å². The van der Waals surface area contributed by atoms with Gasteiger partial charge in [-0.05, 0) is 43.5 Å². The maximum atomic E-state index is 12.2. The molecule has 2 rings (SSSR count). The fourth-order valence-electron chi connectivity index (χ4n) is 2.49. The number of carbonyl (C=O) groups is 1. The number of nitrogens with one attached hydrogen (secondary N) is 2. The highest BCUT2D eigenvalue weighted by Crippen LogP contribution is 2.21. The van der Waals surface area contributed by atoms with Crippen molar-refractivity contribution in [3.63, 3.8) is 0 Å². The zero-order valence-electron chi connectivity index (χ0n) is 12.1. The highest BCUT2D eigenvalue weighted by atomic mass is 32.2. The molecule has 4 nitrogen and oxygen atoms in total. The van der Waals surface area contributed by atoms with Gasteiger partial charge in [0.15, 0.2) is 0 Å². The summed E-state index contributed by atoms with van der Waals surface area (Å²) in [5, 5.41) is 6.24. The zero-order chi connectivity index (χ0) is 14.5. The number of benzene rings is 1. The summed E-state index contributed by atoms with van der Waals surface area (Å²) in [6, 6.07) is 5.68. The molecule has 20 heavy (non-hydrogen) atoms. The Hall–Kier alpha value is -1.20. The van der Waals surface area contributed by atoms with Crippen LogP contribution in [0.15, 0.2) is 18.2 Å². The first-order chi connectivity index (χ1) is 9.58. The largest absolute Gasteiger partial charge is 0.324 e. The van der Waals surface area contributed by atoms with Crippen molar-refractivity contribution in [2.45, 2.75) is 38.0 Å². The van der Waals surface area contributed by atoms with Crippen molar-refractivity contribution in [1.82, 2.24) is 5.32 Å². The van der Waals surface area contributed by atoms with Gasteiger partial charge in [0.2, 0.25) is 5.91 Å². The minimum absolute atomic E-state index is 0.0302. The molecule has 1 amide bonds. The summed E-state index contributed by atoms with van der Waals surface area (Å²) in [7, 11) is -0.877. The summed E-state index contributed by atoms with van der Waals surface area (Å²) in [5.74, 6) is 0.555. The lowest BCUT2D eigenvalue weighted by molar-refractivity contribution is -0.118. The van der Waals surface area contributed by atoms with E-state index in [2.05, 4.69) is 10.6 Å². The van der Waals surface area contributed by atoms with Gasteiger partial charge in [-0.3, -0.25) is 9.00 Å². The standard InChI is InChI=1S/C15H22N2O2S/c1-11-12(10-20(2)19)6-5-8-13(11)17-15(18)14-7-3-4-9-16-14/h5-6,8,14,16H,3-4,7,9-10H2,1-2H3,(H,17,18). The molecule has 1 saturated heterocycles. The van der Waals surface area contributed by atoms with Gasteiger partial charge in [0.25, 0.3) is 0 Å². The third-order valence-electron chi connectivity index (χ3n) is 3.69. The Labute approximate surface area is 122 Å². The summed E-state index contributed by atoms with van der Waals surface area (Å²) in [6.45, 7) is 2.87. The fourth-order valence-corrected chi connectivity index (χ4v) is 3.24. The third kappa shape index (κ3) is 3.90. The molecule has 0 saturated carbocycles. The Balaban J connectivity index is 2.08. The molecule has 2 unspecified atom stereocenters. The number of hydrogen-bond acceptors (Lipinski definition) is 3. The van der Waals surface area contributed by atoms with E-state index in [1.807, 2.05) is 25.1 Å². The molecule has 2 N–H and O–H groups in total. The molecule has 5 heteroatoms. The molecule has 0 bridgehead atoms. The summed E-state index contributed by atoms with van der Waals surface area (Å²) in [5.41, 5.74) is 2.86. The van der Waals surface area contributed by atoms with Crippen LogP contribution in [0.25, 0.3) is 0 Å². The van der Waals surface area contributed by atoms with Crippen molar-refractivity contribution >= 4 is 22.4 Å². The van der Waals surface area contributed by atoms with Crippen molar-refractivity contribution in [2.24, 2.45) is 0 Å². The summed E-state index contributed by atoms with van der Waals surface area (Å²) >= 11 is 0. The van der Waals surface area contributed by atoms with Crippen LogP contribution in [-0.2, 0) is 21.3 Å². The first-order valence-corrected chi connectivity index (χ1v) is 8.73. The van der Waals surface area contributed by atoms with E-state index < -0.39 is 10.8 Å². The molecule has 0 spiro atoms. The van der Waals surface area contributed by atoms with Crippen LogP contribution in [0.2, 0.25) is 0 Å². The van der Waals surface area contributed by atoms with Crippen molar-refractivity contribution in [3.8, 4) is 0 Å².